The molecule has 3 saturated heterocycles. The van der Waals surface area contributed by atoms with Crippen LogP contribution in [0.3, 0.4) is 0 Å². The van der Waals surface area contributed by atoms with Crippen LogP contribution in [-0.2, 0) is 61.9 Å². The van der Waals surface area contributed by atoms with Crippen molar-refractivity contribution in [2.75, 3.05) is 14.2 Å². The van der Waals surface area contributed by atoms with Crippen LogP contribution in [-0.4, -0.2) is 126 Å². The lowest BCUT2D eigenvalue weighted by Crippen LogP contribution is -2.62. The summed E-state index contributed by atoms with van der Waals surface area (Å²) in [6, 6.07) is 0. The van der Waals surface area contributed by atoms with Crippen LogP contribution in [0.2, 0.25) is 0 Å². The fourth-order valence-electron chi connectivity index (χ4n) is 8.66. The number of hydrogen-bond acceptors (Lipinski definition) is 16. The fourth-order valence-corrected chi connectivity index (χ4v) is 8.66. The molecule has 62 heavy (non-hydrogen) atoms. The molecule has 4 aliphatic rings. The Balaban J connectivity index is 1.85. The van der Waals surface area contributed by atoms with Gasteiger partial charge in [-0.3, -0.25) is 14.4 Å². The van der Waals surface area contributed by atoms with Crippen LogP contribution in [0.4, 0.5) is 0 Å². The van der Waals surface area contributed by atoms with Gasteiger partial charge in [-0.05, 0) is 44.1 Å². The van der Waals surface area contributed by atoms with Crippen LogP contribution in [0.15, 0.2) is 35.5 Å². The monoisotopic (exact) mass is 878 g/mol. The zero-order valence-corrected chi connectivity index (χ0v) is 38.1. The van der Waals surface area contributed by atoms with Crippen molar-refractivity contribution in [3.8, 4) is 0 Å². The number of fused-ring (bicyclic) bond motifs is 6. The van der Waals surface area contributed by atoms with E-state index in [1.54, 1.807) is 13.8 Å². The fraction of sp³-hybridized carbons (Fsp3) is 0.761. The van der Waals surface area contributed by atoms with Crippen molar-refractivity contribution in [2.24, 2.45) is 16.7 Å². The number of rotatable bonds is 9. The van der Waals surface area contributed by atoms with Gasteiger partial charge in [0.15, 0.2) is 11.9 Å². The highest BCUT2D eigenvalue weighted by molar-refractivity contribution is 5.83. The molecule has 3 N–H and O–H groups in total. The second-order valence-corrected chi connectivity index (χ2v) is 18.9. The number of aliphatic hydroxyl groups is 3. The number of cyclic esters (lactones) is 1. The Morgan fingerprint density at radius 2 is 1.55 bits per heavy atom. The third kappa shape index (κ3) is 13.7. The van der Waals surface area contributed by atoms with E-state index in [2.05, 4.69) is 0 Å². The molecule has 4 aliphatic heterocycles. The van der Waals surface area contributed by atoms with Gasteiger partial charge < -0.3 is 53.2 Å². The van der Waals surface area contributed by atoms with Gasteiger partial charge in [-0.15, -0.1) is 0 Å². The molecule has 0 aliphatic carbocycles. The molecule has 16 nitrogen and oxygen atoms in total. The van der Waals surface area contributed by atoms with E-state index in [0.29, 0.717) is 17.6 Å². The van der Waals surface area contributed by atoms with Crippen molar-refractivity contribution >= 4 is 29.8 Å². The van der Waals surface area contributed by atoms with Crippen molar-refractivity contribution in [3.63, 3.8) is 0 Å². The molecule has 0 spiro atoms. The molecule has 0 amide bonds. The van der Waals surface area contributed by atoms with Gasteiger partial charge in [0.25, 0.3) is 0 Å². The largest absolute Gasteiger partial charge is 0.466 e. The Labute approximate surface area is 365 Å². The zero-order chi connectivity index (χ0) is 46.2. The van der Waals surface area contributed by atoms with E-state index in [-0.39, 0.29) is 63.7 Å². The second-order valence-electron chi connectivity index (χ2n) is 18.9. The van der Waals surface area contributed by atoms with Crippen LogP contribution < -0.4 is 0 Å². The molecule has 16 heteroatoms. The molecule has 0 aromatic rings. The molecule has 350 valence electrons. The van der Waals surface area contributed by atoms with Gasteiger partial charge >= 0.3 is 29.8 Å². The lowest BCUT2D eigenvalue weighted by molar-refractivity contribution is -0.349. The summed E-state index contributed by atoms with van der Waals surface area (Å²) in [6.45, 7) is 14.3. The number of carbonyl (C=O) groups excluding carboxylic acids is 5. The number of methoxy groups -OCH3 is 2. The highest BCUT2D eigenvalue weighted by atomic mass is 16.6. The Kier molecular flexibility index (Phi) is 17.9. The molecule has 11 atom stereocenters. The first-order valence-corrected chi connectivity index (χ1v) is 21.9. The molecule has 3 fully saturated rings. The van der Waals surface area contributed by atoms with Crippen molar-refractivity contribution < 1.29 is 77.2 Å². The standard InChI is InChI=1S/C46H70O16/c1-11-12-37(49)61-42-29(20-39(51)56-10)19-32-23-35(27(4)47)59-41(53)22-30(48)21-33-24-36(60-40(52)15-26(2)3)45(7,8)46(54,62-33)25-34-17-28(18-38(50)55-9)16-31(57-34)13-14-44(5,6)43(42)58-32/h13-14,18,20,26-27,30-36,42-43,47-48,54H,11-12,15-17,19,21-25H2,1-10H3. The molecular formula is C46H70O16. The van der Waals surface area contributed by atoms with Gasteiger partial charge in [0.2, 0.25) is 0 Å². The zero-order valence-electron chi connectivity index (χ0n) is 38.1. The predicted octanol–water partition coefficient (Wildman–Crippen LogP) is 4.87. The lowest BCUT2D eigenvalue weighted by Gasteiger charge is -2.53. The molecule has 4 heterocycles. The summed E-state index contributed by atoms with van der Waals surface area (Å²) in [6.07, 6.45) is -2.56. The molecule has 4 rings (SSSR count). The van der Waals surface area contributed by atoms with Crippen LogP contribution in [0.25, 0.3) is 0 Å². The summed E-state index contributed by atoms with van der Waals surface area (Å²) < 4.78 is 47.6. The van der Waals surface area contributed by atoms with Gasteiger partial charge in [-0.25, -0.2) is 9.59 Å². The van der Waals surface area contributed by atoms with Gasteiger partial charge in [-0.1, -0.05) is 66.2 Å². The van der Waals surface area contributed by atoms with Crippen LogP contribution in [0, 0.1) is 16.7 Å². The van der Waals surface area contributed by atoms with Crippen LogP contribution >= 0.6 is 0 Å². The maximum atomic E-state index is 13.5. The van der Waals surface area contributed by atoms with E-state index >= 15 is 0 Å². The summed E-state index contributed by atoms with van der Waals surface area (Å²) in [7, 11) is 2.51. The normalized spacial score (nSPS) is 34.7. The topological polar surface area (TPSA) is 220 Å². The minimum absolute atomic E-state index is 0.0101. The minimum atomic E-state index is -2.01. The van der Waals surface area contributed by atoms with Crippen LogP contribution in [0.1, 0.15) is 126 Å². The number of esters is 5. The maximum absolute atomic E-state index is 13.5. The maximum Gasteiger partial charge on any atom is 0.330 e. The van der Waals surface area contributed by atoms with E-state index in [1.807, 2.05) is 46.8 Å². The Bertz CT molecular complexity index is 1680. The quantitative estimate of drug-likeness (QED) is 0.122. The molecule has 11 unspecified atom stereocenters. The summed E-state index contributed by atoms with van der Waals surface area (Å²) in [5.74, 6) is -5.02. The SMILES string of the molecule is CCCC(=O)OC1C(=CC(=O)OC)CC2CC(C(C)O)OC(=O)CC(O)CC3CC(OC(=O)CC(C)C)C(C)(C)C(O)(CC4CC(=CC(=O)OC)CC(C=CC(C)(C)C1O2)O4)O3. The lowest BCUT2D eigenvalue weighted by atomic mass is 9.70. The minimum Gasteiger partial charge on any atom is -0.466 e. The van der Waals surface area contributed by atoms with E-state index in [4.69, 9.17) is 37.9 Å². The first kappa shape index (κ1) is 51.0. The summed E-state index contributed by atoms with van der Waals surface area (Å²) >= 11 is 0. The van der Waals surface area contributed by atoms with E-state index in [9.17, 15) is 39.3 Å². The molecule has 0 radical (unpaired) electrons. The number of carbonyl (C=O) groups is 5. The van der Waals surface area contributed by atoms with Crippen molar-refractivity contribution in [1.82, 2.24) is 0 Å². The average molecular weight is 879 g/mol. The van der Waals surface area contributed by atoms with Crippen molar-refractivity contribution in [1.29, 1.82) is 0 Å². The van der Waals surface area contributed by atoms with Gasteiger partial charge in [0.05, 0.1) is 62.7 Å². The van der Waals surface area contributed by atoms with Gasteiger partial charge in [0.1, 0.15) is 18.3 Å². The second kappa shape index (κ2) is 21.8. The van der Waals surface area contributed by atoms with E-state index in [1.165, 1.54) is 33.3 Å². The Morgan fingerprint density at radius 1 is 0.871 bits per heavy atom. The summed E-state index contributed by atoms with van der Waals surface area (Å²) in [4.78, 5) is 65.0. The third-order valence-corrected chi connectivity index (χ3v) is 12.2. The molecule has 0 aromatic heterocycles. The Hall–Kier alpha value is -3.67. The molecule has 6 bridgehead atoms. The Morgan fingerprint density at radius 3 is 2.18 bits per heavy atom. The highest BCUT2D eigenvalue weighted by Gasteiger charge is 2.58. The first-order chi connectivity index (χ1) is 29.0. The number of hydrogen-bond donors (Lipinski definition) is 3. The van der Waals surface area contributed by atoms with Crippen LogP contribution in [0.5, 0.6) is 0 Å². The van der Waals surface area contributed by atoms with Gasteiger partial charge in [-0.2, -0.15) is 0 Å². The van der Waals surface area contributed by atoms with E-state index < -0.39 is 114 Å². The molecule has 0 aromatic carbocycles. The predicted molar refractivity (Wildman–Crippen MR) is 223 cm³/mol. The number of aliphatic hydroxyl groups excluding tert-OH is 2. The average Bonchev–Trinajstić information content (AvgIpc) is 3.15. The first-order valence-electron chi connectivity index (χ1n) is 21.9. The third-order valence-electron chi connectivity index (χ3n) is 12.2. The van der Waals surface area contributed by atoms with E-state index in [0.717, 1.165) is 0 Å². The van der Waals surface area contributed by atoms with Gasteiger partial charge in [0, 0.05) is 56.1 Å². The smallest absolute Gasteiger partial charge is 0.330 e. The van der Waals surface area contributed by atoms with Crippen molar-refractivity contribution in [2.45, 2.75) is 193 Å². The molecule has 0 saturated carbocycles. The summed E-state index contributed by atoms with van der Waals surface area (Å²) in [5, 5.41) is 34.8. The summed E-state index contributed by atoms with van der Waals surface area (Å²) in [5.41, 5.74) is -1.10. The molecular weight excluding hydrogens is 808 g/mol. The number of ether oxygens (including phenoxy) is 8. The highest BCUT2D eigenvalue weighted by Crippen LogP contribution is 2.49. The van der Waals surface area contributed by atoms with Crippen molar-refractivity contribution in [3.05, 3.63) is 35.5 Å².